The highest BCUT2D eigenvalue weighted by Crippen LogP contribution is 2.14. The molecule has 21 heavy (non-hydrogen) atoms. The molecule has 0 fully saturated rings. The molecule has 2 aromatic rings. The fraction of sp³-hybridized carbons (Fsp3) is 0.385. The molecule has 1 aromatic heterocycles. The maximum atomic E-state index is 11.9. The first kappa shape index (κ1) is 15.5. The lowest BCUT2D eigenvalue weighted by molar-refractivity contribution is 0.581. The molecule has 0 aliphatic rings. The lowest BCUT2D eigenvalue weighted by atomic mass is 10.3. The van der Waals surface area contributed by atoms with E-state index in [9.17, 15) is 8.42 Å². The van der Waals surface area contributed by atoms with Gasteiger partial charge in [-0.15, -0.1) is 10.2 Å². The van der Waals surface area contributed by atoms with Crippen molar-refractivity contribution in [3.05, 3.63) is 36.4 Å². The molecule has 0 atom stereocenters. The number of nitrogens with one attached hydrogen (secondary N) is 2. The average molecular weight is 309 g/mol. The molecule has 0 radical (unpaired) electrons. The molecular weight excluding hydrogens is 290 g/mol. The number of nitrogens with zero attached hydrogens (tertiary/aromatic N) is 3. The van der Waals surface area contributed by atoms with E-state index in [2.05, 4.69) is 20.2 Å². The summed E-state index contributed by atoms with van der Waals surface area (Å²) >= 11 is 0. The Morgan fingerprint density at radius 1 is 1.24 bits per heavy atom. The smallest absolute Gasteiger partial charge is 0.240 e. The standard InChI is InChI=1S/C13H19N5O2S/c1-3-8-16-21(19,20)12-6-4-11(5-7-12)14-9-13-17-15-10-18(13)2/h4-7,10,14,16H,3,8-9H2,1-2H3. The zero-order valence-corrected chi connectivity index (χ0v) is 12.9. The third kappa shape index (κ3) is 4.02. The third-order valence-electron chi connectivity index (χ3n) is 2.96. The highest BCUT2D eigenvalue weighted by atomic mass is 32.2. The predicted molar refractivity (Wildman–Crippen MR) is 80.3 cm³/mol. The van der Waals surface area contributed by atoms with Crippen molar-refractivity contribution in [3.63, 3.8) is 0 Å². The third-order valence-corrected chi connectivity index (χ3v) is 4.44. The van der Waals surface area contributed by atoms with Gasteiger partial charge in [-0.2, -0.15) is 0 Å². The summed E-state index contributed by atoms with van der Waals surface area (Å²) in [6.45, 7) is 2.88. The predicted octanol–water partition coefficient (Wildman–Crippen LogP) is 1.12. The van der Waals surface area contributed by atoms with Crippen molar-refractivity contribution in [2.75, 3.05) is 11.9 Å². The summed E-state index contributed by atoms with van der Waals surface area (Å²) in [5.74, 6) is 0.802. The van der Waals surface area contributed by atoms with Crippen molar-refractivity contribution < 1.29 is 8.42 Å². The van der Waals surface area contributed by atoms with E-state index >= 15 is 0 Å². The molecule has 0 aliphatic heterocycles. The normalized spacial score (nSPS) is 11.5. The number of sulfonamides is 1. The summed E-state index contributed by atoms with van der Waals surface area (Å²) < 4.78 is 28.2. The molecule has 0 bridgehead atoms. The van der Waals surface area contributed by atoms with Crippen molar-refractivity contribution in [2.24, 2.45) is 7.05 Å². The minimum atomic E-state index is -3.41. The van der Waals surface area contributed by atoms with Crippen LogP contribution in [0.2, 0.25) is 0 Å². The van der Waals surface area contributed by atoms with Crippen LogP contribution in [0, 0.1) is 0 Å². The van der Waals surface area contributed by atoms with Crippen molar-refractivity contribution >= 4 is 15.7 Å². The van der Waals surface area contributed by atoms with E-state index in [0.717, 1.165) is 17.9 Å². The molecule has 0 amide bonds. The van der Waals surface area contributed by atoms with Crippen LogP contribution in [0.3, 0.4) is 0 Å². The molecule has 0 saturated carbocycles. The van der Waals surface area contributed by atoms with Crippen LogP contribution in [0.5, 0.6) is 0 Å². The fourth-order valence-corrected chi connectivity index (χ4v) is 2.85. The lowest BCUT2D eigenvalue weighted by Crippen LogP contribution is -2.24. The second-order valence-electron chi connectivity index (χ2n) is 4.63. The molecule has 0 aliphatic carbocycles. The van der Waals surface area contributed by atoms with Crippen LogP contribution in [-0.2, 0) is 23.6 Å². The summed E-state index contributed by atoms with van der Waals surface area (Å²) in [6, 6.07) is 6.63. The minimum Gasteiger partial charge on any atom is -0.378 e. The quantitative estimate of drug-likeness (QED) is 0.800. The Labute approximate surface area is 124 Å². The van der Waals surface area contributed by atoms with E-state index in [1.54, 1.807) is 30.6 Å². The molecule has 7 nitrogen and oxygen atoms in total. The van der Waals surface area contributed by atoms with E-state index in [0.29, 0.717) is 13.1 Å². The van der Waals surface area contributed by atoms with Crippen LogP contribution in [0.25, 0.3) is 0 Å². The lowest BCUT2D eigenvalue weighted by Gasteiger charge is -2.08. The Kier molecular flexibility index (Phi) is 4.92. The van der Waals surface area contributed by atoms with Gasteiger partial charge in [0.2, 0.25) is 10.0 Å². The maximum Gasteiger partial charge on any atom is 0.240 e. The molecule has 8 heteroatoms. The van der Waals surface area contributed by atoms with Gasteiger partial charge >= 0.3 is 0 Å². The van der Waals surface area contributed by atoms with E-state index in [-0.39, 0.29) is 4.90 Å². The van der Waals surface area contributed by atoms with Crippen molar-refractivity contribution in [2.45, 2.75) is 24.8 Å². The van der Waals surface area contributed by atoms with Gasteiger partial charge in [-0.3, -0.25) is 0 Å². The van der Waals surface area contributed by atoms with Gasteiger partial charge in [-0.1, -0.05) is 6.92 Å². The van der Waals surface area contributed by atoms with Crippen LogP contribution < -0.4 is 10.0 Å². The van der Waals surface area contributed by atoms with Gasteiger partial charge in [-0.05, 0) is 30.7 Å². The minimum absolute atomic E-state index is 0.264. The van der Waals surface area contributed by atoms with Gasteiger partial charge < -0.3 is 9.88 Å². The van der Waals surface area contributed by atoms with Gasteiger partial charge in [-0.25, -0.2) is 13.1 Å². The number of rotatable bonds is 7. The van der Waals surface area contributed by atoms with Crippen LogP contribution in [0.4, 0.5) is 5.69 Å². The second kappa shape index (κ2) is 6.68. The summed E-state index contributed by atoms with van der Waals surface area (Å²) in [5.41, 5.74) is 0.826. The molecule has 0 saturated heterocycles. The summed E-state index contributed by atoms with van der Waals surface area (Å²) in [6.07, 6.45) is 2.39. The highest BCUT2D eigenvalue weighted by molar-refractivity contribution is 7.89. The number of hydrogen-bond donors (Lipinski definition) is 2. The summed E-state index contributed by atoms with van der Waals surface area (Å²) in [4.78, 5) is 0.264. The second-order valence-corrected chi connectivity index (χ2v) is 6.40. The first-order chi connectivity index (χ1) is 10.0. The van der Waals surface area contributed by atoms with E-state index in [1.165, 1.54) is 0 Å². The van der Waals surface area contributed by atoms with Crippen LogP contribution in [0.1, 0.15) is 19.2 Å². The topological polar surface area (TPSA) is 88.9 Å². The monoisotopic (exact) mass is 309 g/mol. The van der Waals surface area contributed by atoms with Gasteiger partial charge in [0.05, 0.1) is 11.4 Å². The first-order valence-electron chi connectivity index (χ1n) is 6.69. The molecular formula is C13H19N5O2S. The number of anilines is 1. The summed E-state index contributed by atoms with van der Waals surface area (Å²) in [5, 5.41) is 10.9. The molecule has 114 valence electrons. The molecule has 1 heterocycles. The van der Waals surface area contributed by atoms with Crippen molar-refractivity contribution in [1.29, 1.82) is 0 Å². The van der Waals surface area contributed by atoms with Crippen molar-refractivity contribution in [1.82, 2.24) is 19.5 Å². The largest absolute Gasteiger partial charge is 0.378 e. The molecule has 0 unspecified atom stereocenters. The fourth-order valence-electron chi connectivity index (χ4n) is 1.72. The zero-order chi connectivity index (χ0) is 15.3. The van der Waals surface area contributed by atoms with Gasteiger partial charge in [0, 0.05) is 19.3 Å². The van der Waals surface area contributed by atoms with Gasteiger partial charge in [0.25, 0.3) is 0 Å². The zero-order valence-electron chi connectivity index (χ0n) is 12.1. The number of benzene rings is 1. The van der Waals surface area contributed by atoms with Gasteiger partial charge in [0.15, 0.2) is 5.82 Å². The van der Waals surface area contributed by atoms with E-state index < -0.39 is 10.0 Å². The first-order valence-corrected chi connectivity index (χ1v) is 8.17. The molecule has 2 rings (SSSR count). The highest BCUT2D eigenvalue weighted by Gasteiger charge is 2.12. The van der Waals surface area contributed by atoms with Crippen LogP contribution >= 0.6 is 0 Å². The number of aromatic nitrogens is 3. The maximum absolute atomic E-state index is 11.9. The van der Waals surface area contributed by atoms with Gasteiger partial charge in [0.1, 0.15) is 6.33 Å². The Morgan fingerprint density at radius 3 is 2.52 bits per heavy atom. The Balaban J connectivity index is 2.00. The molecule has 2 N–H and O–H groups in total. The number of aryl methyl sites for hydroxylation is 1. The van der Waals surface area contributed by atoms with Crippen LogP contribution in [0.15, 0.2) is 35.5 Å². The summed E-state index contributed by atoms with van der Waals surface area (Å²) in [7, 11) is -1.54. The molecule has 1 aromatic carbocycles. The van der Waals surface area contributed by atoms with E-state index in [4.69, 9.17) is 0 Å². The Morgan fingerprint density at radius 2 is 1.95 bits per heavy atom. The Bertz CT molecular complexity index is 679. The van der Waals surface area contributed by atoms with E-state index in [1.807, 2.05) is 18.5 Å². The van der Waals surface area contributed by atoms with Crippen LogP contribution in [-0.4, -0.2) is 29.7 Å². The average Bonchev–Trinajstić information content (AvgIpc) is 2.89. The van der Waals surface area contributed by atoms with Crippen molar-refractivity contribution in [3.8, 4) is 0 Å². The molecule has 0 spiro atoms. The SMILES string of the molecule is CCCNS(=O)(=O)c1ccc(NCc2nncn2C)cc1. The number of hydrogen-bond acceptors (Lipinski definition) is 5. The Hall–Kier alpha value is -1.93.